The van der Waals surface area contributed by atoms with E-state index in [0.29, 0.717) is 23.9 Å². The Balaban J connectivity index is 1.42. The minimum absolute atomic E-state index is 0.0609. The van der Waals surface area contributed by atoms with Crippen LogP contribution in [0.4, 0.5) is 0 Å². The lowest BCUT2D eigenvalue weighted by Gasteiger charge is -2.36. The highest BCUT2D eigenvalue weighted by atomic mass is 35.5. The van der Waals surface area contributed by atoms with Gasteiger partial charge in [0.15, 0.2) is 6.61 Å². The van der Waals surface area contributed by atoms with E-state index in [-0.39, 0.29) is 18.6 Å². The highest BCUT2D eigenvalue weighted by Crippen LogP contribution is 2.40. The van der Waals surface area contributed by atoms with E-state index in [0.717, 1.165) is 53.0 Å². The molecule has 0 radical (unpaired) electrons. The Morgan fingerprint density at radius 1 is 1.00 bits per heavy atom. The van der Waals surface area contributed by atoms with Crippen LogP contribution in [0.3, 0.4) is 0 Å². The van der Waals surface area contributed by atoms with Gasteiger partial charge in [-0.1, -0.05) is 23.7 Å². The first-order chi connectivity index (χ1) is 18.9. The lowest BCUT2D eigenvalue weighted by atomic mass is 9.92. The molecule has 5 rings (SSSR count). The maximum absolute atomic E-state index is 13.6. The summed E-state index contributed by atoms with van der Waals surface area (Å²) in [5.41, 5.74) is 4.26. The van der Waals surface area contributed by atoms with Crippen molar-refractivity contribution in [1.29, 1.82) is 0 Å². The molecule has 204 valence electrons. The smallest absolute Gasteiger partial charge is 0.261 e. The Morgan fingerprint density at radius 2 is 1.69 bits per heavy atom. The lowest BCUT2D eigenvalue weighted by Crippen LogP contribution is -2.42. The van der Waals surface area contributed by atoms with E-state index in [1.165, 1.54) is 5.56 Å². The molecule has 1 atom stereocenters. The zero-order valence-corrected chi connectivity index (χ0v) is 23.3. The van der Waals surface area contributed by atoms with Crippen LogP contribution in [-0.2, 0) is 11.2 Å². The molecular formula is C31H34ClN3O4. The first-order valence-electron chi connectivity index (χ1n) is 13.2. The summed E-state index contributed by atoms with van der Waals surface area (Å²) in [6, 6.07) is 20.9. The monoisotopic (exact) mass is 547 g/mol. The molecule has 3 aromatic carbocycles. The molecule has 2 heterocycles. The van der Waals surface area contributed by atoms with E-state index >= 15 is 0 Å². The second-order valence-electron chi connectivity index (χ2n) is 9.99. The van der Waals surface area contributed by atoms with Crippen LogP contribution >= 0.6 is 11.6 Å². The van der Waals surface area contributed by atoms with Crippen molar-refractivity contribution in [3.05, 3.63) is 88.6 Å². The highest BCUT2D eigenvalue weighted by Gasteiger charge is 2.34. The predicted octanol–water partition coefficient (Wildman–Crippen LogP) is 5.71. The molecule has 8 heteroatoms. The molecule has 1 amide bonds. The van der Waals surface area contributed by atoms with Gasteiger partial charge in [0.05, 0.1) is 19.8 Å². The van der Waals surface area contributed by atoms with Gasteiger partial charge in [-0.2, -0.15) is 0 Å². The maximum atomic E-state index is 13.6. The van der Waals surface area contributed by atoms with Crippen molar-refractivity contribution in [2.24, 2.45) is 0 Å². The van der Waals surface area contributed by atoms with Crippen LogP contribution < -0.4 is 14.2 Å². The highest BCUT2D eigenvalue weighted by molar-refractivity contribution is 6.30. The van der Waals surface area contributed by atoms with Gasteiger partial charge in [-0.05, 0) is 92.7 Å². The number of H-pyrrole nitrogens is 1. The number of nitrogens with one attached hydrogen (secondary N) is 1. The summed E-state index contributed by atoms with van der Waals surface area (Å²) < 4.78 is 17.3. The van der Waals surface area contributed by atoms with Crippen LogP contribution in [0.1, 0.15) is 29.3 Å². The summed E-state index contributed by atoms with van der Waals surface area (Å²) in [5, 5.41) is 1.75. The lowest BCUT2D eigenvalue weighted by molar-refractivity contribution is -0.135. The summed E-state index contributed by atoms with van der Waals surface area (Å²) in [6.07, 6.45) is 1.69. The third-order valence-corrected chi connectivity index (χ3v) is 7.30. The molecule has 0 unspecified atom stereocenters. The number of fused-ring (bicyclic) bond motifs is 3. The Kier molecular flexibility index (Phi) is 8.29. The molecule has 0 fully saturated rings. The Hall–Kier alpha value is -3.68. The van der Waals surface area contributed by atoms with Crippen molar-refractivity contribution in [2.75, 3.05) is 47.5 Å². The maximum Gasteiger partial charge on any atom is 0.261 e. The van der Waals surface area contributed by atoms with Gasteiger partial charge in [0.1, 0.15) is 17.2 Å². The number of ether oxygens (including phenoxy) is 3. The molecule has 1 aliphatic heterocycles. The van der Waals surface area contributed by atoms with Gasteiger partial charge in [0.25, 0.3) is 5.91 Å². The van der Waals surface area contributed by atoms with Crippen molar-refractivity contribution in [3.63, 3.8) is 0 Å². The third-order valence-electron chi connectivity index (χ3n) is 7.04. The van der Waals surface area contributed by atoms with Crippen molar-refractivity contribution < 1.29 is 19.0 Å². The van der Waals surface area contributed by atoms with Crippen LogP contribution in [-0.4, -0.2) is 68.2 Å². The predicted molar refractivity (Wildman–Crippen MR) is 154 cm³/mol. The summed E-state index contributed by atoms with van der Waals surface area (Å²) in [5.74, 6) is 2.15. The summed E-state index contributed by atoms with van der Waals surface area (Å²) >= 11 is 5.99. The van der Waals surface area contributed by atoms with E-state index in [1.54, 1.807) is 31.4 Å². The van der Waals surface area contributed by atoms with Crippen LogP contribution in [0.25, 0.3) is 10.9 Å². The van der Waals surface area contributed by atoms with Gasteiger partial charge in [0, 0.05) is 34.7 Å². The quantitative estimate of drug-likeness (QED) is 0.257. The fourth-order valence-electron chi connectivity index (χ4n) is 5.09. The number of carbonyl (C=O) groups is 1. The summed E-state index contributed by atoms with van der Waals surface area (Å²) in [4.78, 5) is 21.2. The summed E-state index contributed by atoms with van der Waals surface area (Å²) in [7, 11) is 5.79. The molecule has 1 N–H and O–H groups in total. The Morgan fingerprint density at radius 3 is 2.41 bits per heavy atom. The molecule has 7 nitrogen and oxygen atoms in total. The minimum atomic E-state index is -0.281. The molecule has 0 spiro atoms. The first kappa shape index (κ1) is 26.9. The second kappa shape index (κ2) is 12.0. The number of carbonyl (C=O) groups excluding carboxylic acids is 1. The van der Waals surface area contributed by atoms with Gasteiger partial charge in [-0.15, -0.1) is 0 Å². The van der Waals surface area contributed by atoms with E-state index in [1.807, 2.05) is 41.3 Å². The van der Waals surface area contributed by atoms with Gasteiger partial charge in [-0.3, -0.25) is 4.79 Å². The number of hydrogen-bond acceptors (Lipinski definition) is 5. The van der Waals surface area contributed by atoms with Gasteiger partial charge in [0.2, 0.25) is 0 Å². The van der Waals surface area contributed by atoms with Crippen LogP contribution in [0.5, 0.6) is 17.2 Å². The number of methoxy groups -OCH3 is 1. The van der Waals surface area contributed by atoms with E-state index in [4.69, 9.17) is 25.8 Å². The standard InChI is InChI=1S/C31H34ClN3O4/c1-34(2)16-4-18-38-23-9-5-21(6-10-23)31-30-26(27-19-25(37-3)13-14-28(27)33-30)15-17-35(31)29(36)20-39-24-11-7-22(32)8-12-24/h5-14,19,31,33H,4,15-18,20H2,1-3H3/t31-/m0/s1. The van der Waals surface area contributed by atoms with Crippen LogP contribution in [0.15, 0.2) is 66.7 Å². The fourth-order valence-corrected chi connectivity index (χ4v) is 5.21. The average molecular weight is 548 g/mol. The number of hydrogen-bond donors (Lipinski definition) is 1. The Bertz CT molecular complexity index is 1420. The van der Waals surface area contributed by atoms with E-state index < -0.39 is 0 Å². The molecule has 1 aliphatic rings. The molecule has 0 saturated heterocycles. The van der Waals surface area contributed by atoms with Crippen molar-refractivity contribution in [1.82, 2.24) is 14.8 Å². The number of nitrogens with zero attached hydrogens (tertiary/aromatic N) is 2. The van der Waals surface area contributed by atoms with Crippen LogP contribution in [0, 0.1) is 0 Å². The molecule has 39 heavy (non-hydrogen) atoms. The first-order valence-corrected chi connectivity index (χ1v) is 13.5. The third kappa shape index (κ3) is 6.15. The van der Waals surface area contributed by atoms with Crippen molar-refractivity contribution in [3.8, 4) is 17.2 Å². The summed E-state index contributed by atoms with van der Waals surface area (Å²) in [6.45, 7) is 2.15. The number of amides is 1. The normalized spacial score (nSPS) is 14.9. The molecular weight excluding hydrogens is 514 g/mol. The zero-order chi connectivity index (χ0) is 27.4. The van der Waals surface area contributed by atoms with Crippen LogP contribution in [0.2, 0.25) is 5.02 Å². The largest absolute Gasteiger partial charge is 0.497 e. The molecule has 0 bridgehead atoms. The topological polar surface area (TPSA) is 67.0 Å². The average Bonchev–Trinajstić information content (AvgIpc) is 3.32. The molecule has 0 aliphatic carbocycles. The fraction of sp³-hybridized carbons (Fsp3) is 0.323. The zero-order valence-electron chi connectivity index (χ0n) is 22.6. The SMILES string of the molecule is COc1ccc2[nH]c3c(c2c1)CCN(C(=O)COc1ccc(Cl)cc1)[C@H]3c1ccc(OCCCN(C)C)cc1. The van der Waals surface area contributed by atoms with Gasteiger partial charge < -0.3 is 29.0 Å². The van der Waals surface area contributed by atoms with Crippen molar-refractivity contribution in [2.45, 2.75) is 18.9 Å². The minimum Gasteiger partial charge on any atom is -0.497 e. The van der Waals surface area contributed by atoms with Gasteiger partial charge in [-0.25, -0.2) is 0 Å². The second-order valence-corrected chi connectivity index (χ2v) is 10.4. The molecule has 1 aromatic heterocycles. The Labute approximate surface area is 234 Å². The van der Waals surface area contributed by atoms with E-state index in [2.05, 4.69) is 30.0 Å². The van der Waals surface area contributed by atoms with Gasteiger partial charge >= 0.3 is 0 Å². The number of rotatable bonds is 10. The van der Waals surface area contributed by atoms with Crippen molar-refractivity contribution >= 4 is 28.4 Å². The van der Waals surface area contributed by atoms with E-state index in [9.17, 15) is 4.79 Å². The number of benzene rings is 3. The number of aromatic amines is 1. The molecule has 0 saturated carbocycles. The number of aromatic nitrogens is 1. The number of halogens is 1. The molecule has 4 aromatic rings.